The molecule has 1 amide bonds. The first-order chi connectivity index (χ1) is 10.2. The van der Waals surface area contributed by atoms with Gasteiger partial charge in [-0.25, -0.2) is 9.97 Å². The summed E-state index contributed by atoms with van der Waals surface area (Å²) in [4.78, 5) is 21.3. The van der Waals surface area contributed by atoms with E-state index in [1.165, 1.54) is 4.90 Å². The van der Waals surface area contributed by atoms with Crippen molar-refractivity contribution in [2.45, 2.75) is 6.54 Å². The van der Waals surface area contributed by atoms with E-state index in [9.17, 15) is 4.79 Å². The Morgan fingerprint density at radius 1 is 1.19 bits per heavy atom. The highest BCUT2D eigenvalue weighted by atomic mass is 16.5. The van der Waals surface area contributed by atoms with E-state index < -0.39 is 0 Å². The van der Waals surface area contributed by atoms with Crippen molar-refractivity contribution in [3.05, 3.63) is 48.3 Å². The maximum absolute atomic E-state index is 11.6. The van der Waals surface area contributed by atoms with Crippen LogP contribution in [0.4, 0.5) is 5.95 Å². The third-order valence-corrected chi connectivity index (χ3v) is 2.83. The molecule has 2 rings (SSSR count). The molecule has 0 spiro atoms. The first-order valence-electron chi connectivity index (χ1n) is 6.58. The topological polar surface area (TPSA) is 67.3 Å². The summed E-state index contributed by atoms with van der Waals surface area (Å²) in [6.07, 6.45) is 3.35. The van der Waals surface area contributed by atoms with Crippen LogP contribution in [0, 0.1) is 0 Å². The number of hydrogen-bond donors (Lipinski definition) is 1. The molecular weight excluding hydrogens is 268 g/mol. The van der Waals surface area contributed by atoms with Gasteiger partial charge >= 0.3 is 0 Å². The minimum atomic E-state index is -0.0795. The number of anilines is 1. The zero-order chi connectivity index (χ0) is 15.1. The standard InChI is InChI=1S/C15H18N4O2/c1-19(2)14(20)11-21-13-7-4-3-6-12(13)10-18-15-16-8-5-9-17-15/h3-9H,10-11H2,1-2H3,(H,16,17,18). The van der Waals surface area contributed by atoms with Gasteiger partial charge in [0.05, 0.1) is 0 Å². The fraction of sp³-hybridized carbons (Fsp3) is 0.267. The van der Waals surface area contributed by atoms with Gasteiger partial charge in [-0.15, -0.1) is 0 Å². The highest BCUT2D eigenvalue weighted by Gasteiger charge is 2.08. The molecule has 110 valence electrons. The number of carbonyl (C=O) groups excluding carboxylic acids is 1. The second-order valence-electron chi connectivity index (χ2n) is 4.61. The highest BCUT2D eigenvalue weighted by molar-refractivity contribution is 5.77. The van der Waals surface area contributed by atoms with E-state index in [2.05, 4.69) is 15.3 Å². The summed E-state index contributed by atoms with van der Waals surface area (Å²) in [6.45, 7) is 0.544. The van der Waals surface area contributed by atoms with Crippen molar-refractivity contribution in [2.24, 2.45) is 0 Å². The molecule has 1 aromatic heterocycles. The molecule has 0 saturated heterocycles. The van der Waals surface area contributed by atoms with Crippen molar-refractivity contribution in [2.75, 3.05) is 26.0 Å². The largest absolute Gasteiger partial charge is 0.483 e. The van der Waals surface area contributed by atoms with Gasteiger partial charge in [0, 0.05) is 38.6 Å². The third kappa shape index (κ3) is 4.45. The van der Waals surface area contributed by atoms with Crippen LogP contribution in [-0.2, 0) is 11.3 Å². The fourth-order valence-electron chi connectivity index (χ4n) is 1.62. The number of hydrogen-bond acceptors (Lipinski definition) is 5. The van der Waals surface area contributed by atoms with Crippen LogP contribution in [-0.4, -0.2) is 41.5 Å². The Morgan fingerprint density at radius 2 is 1.90 bits per heavy atom. The number of amides is 1. The average molecular weight is 286 g/mol. The maximum atomic E-state index is 11.6. The van der Waals surface area contributed by atoms with Gasteiger partial charge < -0.3 is 15.0 Å². The van der Waals surface area contributed by atoms with Crippen LogP contribution in [0.1, 0.15) is 5.56 Å². The van der Waals surface area contributed by atoms with Crippen molar-refractivity contribution in [1.29, 1.82) is 0 Å². The lowest BCUT2D eigenvalue weighted by molar-refractivity contribution is -0.130. The van der Waals surface area contributed by atoms with Crippen LogP contribution in [0.5, 0.6) is 5.75 Å². The van der Waals surface area contributed by atoms with Gasteiger partial charge in [0.15, 0.2) is 6.61 Å². The monoisotopic (exact) mass is 286 g/mol. The number of nitrogens with zero attached hydrogens (tertiary/aromatic N) is 3. The Morgan fingerprint density at radius 3 is 2.62 bits per heavy atom. The van der Waals surface area contributed by atoms with Gasteiger partial charge in [-0.1, -0.05) is 18.2 Å². The SMILES string of the molecule is CN(C)C(=O)COc1ccccc1CNc1ncccn1. The van der Waals surface area contributed by atoms with Crippen molar-refractivity contribution in [3.8, 4) is 5.75 Å². The van der Waals surface area contributed by atoms with Crippen LogP contribution >= 0.6 is 0 Å². The number of benzene rings is 1. The van der Waals surface area contributed by atoms with Gasteiger partial charge in [0.2, 0.25) is 5.95 Å². The first-order valence-corrected chi connectivity index (χ1v) is 6.58. The summed E-state index contributed by atoms with van der Waals surface area (Å²) >= 11 is 0. The molecule has 0 unspecified atom stereocenters. The van der Waals surface area contributed by atoms with Gasteiger partial charge in [0.25, 0.3) is 5.91 Å². The van der Waals surface area contributed by atoms with Crippen LogP contribution in [0.15, 0.2) is 42.7 Å². The number of nitrogens with one attached hydrogen (secondary N) is 1. The smallest absolute Gasteiger partial charge is 0.259 e. The quantitative estimate of drug-likeness (QED) is 0.872. The first kappa shape index (κ1) is 14.8. The van der Waals surface area contributed by atoms with Crippen molar-refractivity contribution in [1.82, 2.24) is 14.9 Å². The number of aromatic nitrogens is 2. The summed E-state index contributed by atoms with van der Waals surface area (Å²) in [5, 5.41) is 3.11. The van der Waals surface area contributed by atoms with Crippen molar-refractivity contribution in [3.63, 3.8) is 0 Å². The van der Waals surface area contributed by atoms with E-state index in [1.54, 1.807) is 32.6 Å². The minimum absolute atomic E-state index is 0.0197. The lowest BCUT2D eigenvalue weighted by Crippen LogP contribution is -2.27. The Kier molecular flexibility index (Phi) is 5.09. The molecule has 0 radical (unpaired) electrons. The van der Waals surface area contributed by atoms with Crippen LogP contribution in [0.2, 0.25) is 0 Å². The second kappa shape index (κ2) is 7.23. The summed E-state index contributed by atoms with van der Waals surface area (Å²) in [6, 6.07) is 9.33. The number of ether oxygens (including phenoxy) is 1. The van der Waals surface area contributed by atoms with Gasteiger partial charge in [-0.2, -0.15) is 0 Å². The van der Waals surface area contributed by atoms with E-state index in [1.807, 2.05) is 24.3 Å². The molecule has 1 N–H and O–H groups in total. The minimum Gasteiger partial charge on any atom is -0.483 e. The molecule has 0 atom stereocenters. The predicted molar refractivity (Wildman–Crippen MR) is 80.0 cm³/mol. The number of carbonyl (C=O) groups is 1. The Hall–Kier alpha value is -2.63. The van der Waals surface area contributed by atoms with Gasteiger partial charge in [0.1, 0.15) is 5.75 Å². The van der Waals surface area contributed by atoms with Gasteiger partial charge in [-0.05, 0) is 12.1 Å². The Balaban J connectivity index is 1.98. The molecule has 2 aromatic rings. The van der Waals surface area contributed by atoms with Crippen molar-refractivity contribution < 1.29 is 9.53 Å². The number of rotatable bonds is 6. The van der Waals surface area contributed by atoms with E-state index in [0.29, 0.717) is 18.2 Å². The fourth-order valence-corrected chi connectivity index (χ4v) is 1.62. The molecule has 1 heterocycles. The predicted octanol–water partition coefficient (Wildman–Crippen LogP) is 1.56. The lowest BCUT2D eigenvalue weighted by Gasteiger charge is -2.14. The summed E-state index contributed by atoms with van der Waals surface area (Å²) < 4.78 is 5.58. The van der Waals surface area contributed by atoms with Crippen LogP contribution in [0.3, 0.4) is 0 Å². The maximum Gasteiger partial charge on any atom is 0.259 e. The van der Waals surface area contributed by atoms with Crippen molar-refractivity contribution >= 4 is 11.9 Å². The second-order valence-corrected chi connectivity index (χ2v) is 4.61. The molecule has 0 fully saturated rings. The molecule has 0 aliphatic heterocycles. The van der Waals surface area contributed by atoms with Crippen LogP contribution in [0.25, 0.3) is 0 Å². The zero-order valence-electron chi connectivity index (χ0n) is 12.1. The Labute approximate surface area is 123 Å². The third-order valence-electron chi connectivity index (χ3n) is 2.83. The molecule has 0 bridgehead atoms. The number of para-hydroxylation sites is 1. The van der Waals surface area contributed by atoms with E-state index in [0.717, 1.165) is 5.56 Å². The molecule has 6 nitrogen and oxygen atoms in total. The summed E-state index contributed by atoms with van der Waals surface area (Å²) in [7, 11) is 3.40. The molecule has 0 aliphatic carbocycles. The highest BCUT2D eigenvalue weighted by Crippen LogP contribution is 2.18. The molecule has 6 heteroatoms. The zero-order valence-corrected chi connectivity index (χ0v) is 12.1. The van der Waals surface area contributed by atoms with Gasteiger partial charge in [-0.3, -0.25) is 4.79 Å². The van der Waals surface area contributed by atoms with E-state index in [-0.39, 0.29) is 12.5 Å². The normalized spacial score (nSPS) is 10.0. The molecule has 0 aliphatic rings. The lowest BCUT2D eigenvalue weighted by atomic mass is 10.2. The molecule has 1 aromatic carbocycles. The summed E-state index contributed by atoms with van der Waals surface area (Å²) in [5.41, 5.74) is 0.941. The molecular formula is C15H18N4O2. The molecule has 0 saturated carbocycles. The summed E-state index contributed by atoms with van der Waals surface area (Å²) in [5.74, 6) is 1.15. The van der Waals surface area contributed by atoms with Crippen LogP contribution < -0.4 is 10.1 Å². The van der Waals surface area contributed by atoms with E-state index >= 15 is 0 Å². The molecule has 21 heavy (non-hydrogen) atoms. The van der Waals surface area contributed by atoms with E-state index in [4.69, 9.17) is 4.74 Å². The number of likely N-dealkylation sites (N-methyl/N-ethyl adjacent to an activating group) is 1. The Bertz CT molecular complexity index is 587. The average Bonchev–Trinajstić information content (AvgIpc) is 2.52.